The van der Waals surface area contributed by atoms with Gasteiger partial charge in [-0.05, 0) is 31.5 Å². The molecule has 1 aromatic carbocycles. The largest absolute Gasteiger partial charge is 0.346 e. The minimum atomic E-state index is -0.204. The number of nitrogens with zero attached hydrogens (tertiary/aromatic N) is 6. The van der Waals surface area contributed by atoms with Crippen molar-refractivity contribution in [2.24, 2.45) is 7.05 Å². The maximum absolute atomic E-state index is 12.5. The number of hydrogen-bond donors (Lipinski definition) is 2. The van der Waals surface area contributed by atoms with E-state index in [1.54, 1.807) is 16.4 Å². The van der Waals surface area contributed by atoms with Gasteiger partial charge in [-0.2, -0.15) is 10.2 Å². The molecule has 2 N–H and O–H groups in total. The Hall–Kier alpha value is -3.53. The van der Waals surface area contributed by atoms with Gasteiger partial charge < -0.3 is 10.6 Å². The van der Waals surface area contributed by atoms with Crippen molar-refractivity contribution in [2.45, 2.75) is 26.9 Å². The first-order chi connectivity index (χ1) is 14.5. The van der Waals surface area contributed by atoms with Crippen LogP contribution in [0.25, 0.3) is 0 Å². The molecule has 30 heavy (non-hydrogen) atoms. The van der Waals surface area contributed by atoms with Gasteiger partial charge in [0.2, 0.25) is 0 Å². The maximum atomic E-state index is 12.5. The SMILES string of the molecule is Cc1nn(C)c(C)c1CNC(=O)c1csc(Nc2ccc(Cn3cncn3)cc2)n1. The van der Waals surface area contributed by atoms with Gasteiger partial charge in [0.15, 0.2) is 5.13 Å². The monoisotopic (exact) mass is 422 g/mol. The van der Waals surface area contributed by atoms with Gasteiger partial charge in [-0.25, -0.2) is 14.6 Å². The molecular weight excluding hydrogens is 400 g/mol. The van der Waals surface area contributed by atoms with E-state index in [4.69, 9.17) is 0 Å². The predicted molar refractivity (Wildman–Crippen MR) is 115 cm³/mol. The van der Waals surface area contributed by atoms with E-state index in [9.17, 15) is 4.79 Å². The minimum Gasteiger partial charge on any atom is -0.346 e. The predicted octanol–water partition coefficient (Wildman–Crippen LogP) is 2.81. The van der Waals surface area contributed by atoms with Gasteiger partial charge in [-0.3, -0.25) is 9.48 Å². The molecule has 0 saturated heterocycles. The van der Waals surface area contributed by atoms with Crippen molar-refractivity contribution in [1.82, 2.24) is 34.8 Å². The molecule has 154 valence electrons. The number of carbonyl (C=O) groups is 1. The molecule has 4 aromatic rings. The standard InChI is InChI=1S/C20H22N8OS/c1-13-17(14(2)27(3)26-13)8-22-19(29)18-10-30-20(25-18)24-16-6-4-15(5-7-16)9-28-12-21-11-23-28/h4-7,10-12H,8-9H2,1-3H3,(H,22,29)(H,24,25). The molecule has 0 radical (unpaired) electrons. The molecule has 0 atom stereocenters. The Morgan fingerprint density at radius 3 is 2.67 bits per heavy atom. The third kappa shape index (κ3) is 4.38. The van der Waals surface area contributed by atoms with E-state index in [2.05, 4.69) is 30.8 Å². The number of benzene rings is 1. The van der Waals surface area contributed by atoms with Crippen molar-refractivity contribution >= 4 is 28.1 Å². The van der Waals surface area contributed by atoms with Gasteiger partial charge in [-0.1, -0.05) is 12.1 Å². The van der Waals surface area contributed by atoms with Gasteiger partial charge in [0.1, 0.15) is 18.3 Å². The first-order valence-electron chi connectivity index (χ1n) is 9.41. The zero-order valence-electron chi connectivity index (χ0n) is 17.0. The Balaban J connectivity index is 1.35. The summed E-state index contributed by atoms with van der Waals surface area (Å²) in [5.41, 5.74) is 5.41. The summed E-state index contributed by atoms with van der Waals surface area (Å²) < 4.78 is 3.58. The summed E-state index contributed by atoms with van der Waals surface area (Å²) in [7, 11) is 1.90. The second kappa shape index (κ2) is 8.46. The summed E-state index contributed by atoms with van der Waals surface area (Å²) in [5.74, 6) is -0.204. The lowest BCUT2D eigenvalue weighted by atomic mass is 10.2. The molecule has 9 nitrogen and oxygen atoms in total. The van der Waals surface area contributed by atoms with Crippen molar-refractivity contribution in [2.75, 3.05) is 5.32 Å². The summed E-state index contributed by atoms with van der Waals surface area (Å²) in [6.07, 6.45) is 3.20. The first kappa shape index (κ1) is 19.8. The van der Waals surface area contributed by atoms with Crippen LogP contribution in [0.3, 0.4) is 0 Å². The quantitative estimate of drug-likeness (QED) is 0.475. The van der Waals surface area contributed by atoms with Crippen LogP contribution in [0.2, 0.25) is 0 Å². The summed E-state index contributed by atoms with van der Waals surface area (Å²) in [6, 6.07) is 7.98. The number of aryl methyl sites for hydroxylation is 2. The molecule has 0 fully saturated rings. The van der Waals surface area contributed by atoms with Gasteiger partial charge in [0.05, 0.1) is 12.2 Å². The third-order valence-electron chi connectivity index (χ3n) is 4.84. The zero-order chi connectivity index (χ0) is 21.1. The number of carbonyl (C=O) groups excluding carboxylic acids is 1. The Labute approximate surface area is 177 Å². The van der Waals surface area contributed by atoms with Crippen molar-refractivity contribution in [1.29, 1.82) is 0 Å². The van der Waals surface area contributed by atoms with Crippen molar-refractivity contribution in [3.63, 3.8) is 0 Å². The van der Waals surface area contributed by atoms with Crippen molar-refractivity contribution in [3.05, 3.63) is 70.5 Å². The highest BCUT2D eigenvalue weighted by molar-refractivity contribution is 7.14. The molecule has 0 spiro atoms. The van der Waals surface area contributed by atoms with Crippen LogP contribution >= 0.6 is 11.3 Å². The molecule has 3 aromatic heterocycles. The molecule has 1 amide bonds. The third-order valence-corrected chi connectivity index (χ3v) is 5.60. The second-order valence-corrected chi connectivity index (χ2v) is 7.77. The fourth-order valence-corrected chi connectivity index (χ4v) is 3.80. The molecule has 0 unspecified atom stereocenters. The van der Waals surface area contributed by atoms with Crippen molar-refractivity contribution < 1.29 is 4.79 Å². The highest BCUT2D eigenvalue weighted by Crippen LogP contribution is 2.22. The van der Waals surface area contributed by atoms with E-state index in [1.165, 1.54) is 17.7 Å². The molecule has 0 saturated carbocycles. The topological polar surface area (TPSA) is 103 Å². The van der Waals surface area contributed by atoms with Crippen LogP contribution in [-0.2, 0) is 20.1 Å². The van der Waals surface area contributed by atoms with Crippen LogP contribution in [0.4, 0.5) is 10.8 Å². The average Bonchev–Trinajstić information content (AvgIpc) is 3.45. The number of nitrogens with one attached hydrogen (secondary N) is 2. The van der Waals surface area contributed by atoms with E-state index >= 15 is 0 Å². The normalized spacial score (nSPS) is 10.9. The first-order valence-corrected chi connectivity index (χ1v) is 10.3. The maximum Gasteiger partial charge on any atom is 0.271 e. The van der Waals surface area contributed by atoms with Crippen LogP contribution in [0.5, 0.6) is 0 Å². The van der Waals surface area contributed by atoms with Gasteiger partial charge in [0, 0.05) is 35.9 Å². The Kier molecular flexibility index (Phi) is 5.57. The van der Waals surface area contributed by atoms with Crippen LogP contribution in [0.1, 0.15) is 33.0 Å². The van der Waals surface area contributed by atoms with Crippen molar-refractivity contribution in [3.8, 4) is 0 Å². The minimum absolute atomic E-state index is 0.204. The average molecular weight is 423 g/mol. The molecule has 4 rings (SSSR count). The number of anilines is 2. The lowest BCUT2D eigenvalue weighted by molar-refractivity contribution is 0.0946. The molecule has 0 aliphatic rings. The number of amides is 1. The van der Waals surface area contributed by atoms with E-state index in [-0.39, 0.29) is 5.91 Å². The van der Waals surface area contributed by atoms with E-state index < -0.39 is 0 Å². The van der Waals surface area contributed by atoms with Crippen LogP contribution in [-0.4, -0.2) is 35.4 Å². The number of thiazole rings is 1. The molecule has 10 heteroatoms. The van der Waals surface area contributed by atoms with E-state index in [0.717, 1.165) is 28.2 Å². The Morgan fingerprint density at radius 1 is 1.20 bits per heavy atom. The zero-order valence-corrected chi connectivity index (χ0v) is 17.8. The fourth-order valence-electron chi connectivity index (χ4n) is 3.09. The lowest BCUT2D eigenvalue weighted by Crippen LogP contribution is -2.23. The molecular formula is C20H22N8OS. The van der Waals surface area contributed by atoms with E-state index in [0.29, 0.717) is 23.9 Å². The summed E-state index contributed by atoms with van der Waals surface area (Å²) in [4.78, 5) is 20.8. The van der Waals surface area contributed by atoms with E-state index in [1.807, 2.05) is 49.8 Å². The van der Waals surface area contributed by atoms with Gasteiger partial charge >= 0.3 is 0 Å². The highest BCUT2D eigenvalue weighted by Gasteiger charge is 2.14. The molecule has 3 heterocycles. The van der Waals surface area contributed by atoms with Crippen LogP contribution < -0.4 is 10.6 Å². The lowest BCUT2D eigenvalue weighted by Gasteiger charge is -2.05. The highest BCUT2D eigenvalue weighted by atomic mass is 32.1. The second-order valence-electron chi connectivity index (χ2n) is 6.91. The number of aromatic nitrogens is 6. The van der Waals surface area contributed by atoms with Gasteiger partial charge in [0.25, 0.3) is 5.91 Å². The number of rotatable bonds is 7. The van der Waals surface area contributed by atoms with Gasteiger partial charge in [-0.15, -0.1) is 11.3 Å². The molecule has 0 bridgehead atoms. The summed E-state index contributed by atoms with van der Waals surface area (Å²) in [5, 5.41) is 17.1. The summed E-state index contributed by atoms with van der Waals surface area (Å²) in [6.45, 7) is 5.02. The number of hydrogen-bond acceptors (Lipinski definition) is 7. The van der Waals surface area contributed by atoms with Crippen LogP contribution in [0, 0.1) is 13.8 Å². The fraction of sp³-hybridized carbons (Fsp3) is 0.250. The summed E-state index contributed by atoms with van der Waals surface area (Å²) >= 11 is 1.39. The smallest absolute Gasteiger partial charge is 0.271 e. The molecule has 0 aliphatic carbocycles. The molecule has 0 aliphatic heterocycles. The Morgan fingerprint density at radius 2 is 2.00 bits per heavy atom. The van der Waals surface area contributed by atoms with Crippen LogP contribution in [0.15, 0.2) is 42.3 Å². The Bertz CT molecular complexity index is 1140.